The first-order chi connectivity index (χ1) is 9.15. The van der Waals surface area contributed by atoms with E-state index in [4.69, 9.17) is 4.74 Å². The Bertz CT molecular complexity index is 376. The fourth-order valence-electron chi connectivity index (χ4n) is 1.80. The lowest BCUT2D eigenvalue weighted by Crippen LogP contribution is -2.54. The molecular formula is C14H21NO4. The number of hydrogen-bond acceptors (Lipinski definition) is 4. The Morgan fingerprint density at radius 1 is 1.26 bits per heavy atom. The predicted molar refractivity (Wildman–Crippen MR) is 71.6 cm³/mol. The van der Waals surface area contributed by atoms with Crippen LogP contribution in [0.2, 0.25) is 0 Å². The summed E-state index contributed by atoms with van der Waals surface area (Å²) in [5.74, 6) is 0. The van der Waals surface area contributed by atoms with Gasteiger partial charge in [0.15, 0.2) is 0 Å². The molecule has 0 fully saturated rings. The van der Waals surface area contributed by atoms with Crippen LogP contribution in [0.1, 0.15) is 25.3 Å². The summed E-state index contributed by atoms with van der Waals surface area (Å²) in [6.45, 7) is 1.43. The van der Waals surface area contributed by atoms with Crippen molar-refractivity contribution in [2.24, 2.45) is 0 Å². The number of ether oxygens (including phenoxy) is 1. The average Bonchev–Trinajstić information content (AvgIpc) is 2.45. The Morgan fingerprint density at radius 2 is 1.89 bits per heavy atom. The molecule has 0 unspecified atom stereocenters. The first kappa shape index (κ1) is 15.5. The average molecular weight is 267 g/mol. The maximum atomic E-state index is 11.7. The molecule has 0 saturated heterocycles. The van der Waals surface area contributed by atoms with Crippen LogP contribution in [0.25, 0.3) is 0 Å². The van der Waals surface area contributed by atoms with E-state index in [1.54, 1.807) is 0 Å². The van der Waals surface area contributed by atoms with Crippen molar-refractivity contribution in [2.75, 3.05) is 13.2 Å². The normalized spacial score (nSPS) is 11.1. The number of hydrogen-bond donors (Lipinski definition) is 3. The fourth-order valence-corrected chi connectivity index (χ4v) is 1.80. The molecule has 19 heavy (non-hydrogen) atoms. The van der Waals surface area contributed by atoms with E-state index < -0.39 is 11.6 Å². The van der Waals surface area contributed by atoms with Crippen LogP contribution in [-0.4, -0.2) is 35.1 Å². The van der Waals surface area contributed by atoms with Gasteiger partial charge in [0, 0.05) is 0 Å². The van der Waals surface area contributed by atoms with Gasteiger partial charge in [-0.3, -0.25) is 0 Å². The largest absolute Gasteiger partial charge is 0.445 e. The summed E-state index contributed by atoms with van der Waals surface area (Å²) in [7, 11) is 0. The highest BCUT2D eigenvalue weighted by Crippen LogP contribution is 2.12. The van der Waals surface area contributed by atoms with Crippen molar-refractivity contribution < 1.29 is 19.7 Å². The Kier molecular flexibility index (Phi) is 6.32. The number of aliphatic hydroxyl groups is 2. The molecule has 0 aromatic heterocycles. The van der Waals surface area contributed by atoms with E-state index in [9.17, 15) is 15.0 Å². The minimum atomic E-state index is -1.01. The van der Waals surface area contributed by atoms with Crippen molar-refractivity contribution >= 4 is 6.09 Å². The number of benzene rings is 1. The summed E-state index contributed by atoms with van der Waals surface area (Å²) in [4.78, 5) is 11.7. The quantitative estimate of drug-likeness (QED) is 0.698. The van der Waals surface area contributed by atoms with E-state index in [-0.39, 0.29) is 19.8 Å². The van der Waals surface area contributed by atoms with Crippen LogP contribution in [0, 0.1) is 0 Å². The summed E-state index contributed by atoms with van der Waals surface area (Å²) >= 11 is 0. The van der Waals surface area contributed by atoms with E-state index in [1.807, 2.05) is 37.3 Å². The lowest BCUT2D eigenvalue weighted by atomic mass is 9.96. The third-order valence-corrected chi connectivity index (χ3v) is 2.91. The van der Waals surface area contributed by atoms with Crippen LogP contribution in [0.15, 0.2) is 30.3 Å². The first-order valence-corrected chi connectivity index (χ1v) is 6.36. The molecule has 0 atom stereocenters. The van der Waals surface area contributed by atoms with Crippen LogP contribution in [0.3, 0.4) is 0 Å². The topological polar surface area (TPSA) is 78.8 Å². The molecule has 1 amide bonds. The van der Waals surface area contributed by atoms with Crippen molar-refractivity contribution in [1.29, 1.82) is 0 Å². The molecule has 0 heterocycles. The van der Waals surface area contributed by atoms with Gasteiger partial charge in [0.1, 0.15) is 6.61 Å². The highest BCUT2D eigenvalue weighted by atomic mass is 16.5. The molecule has 0 saturated carbocycles. The maximum Gasteiger partial charge on any atom is 0.408 e. The van der Waals surface area contributed by atoms with E-state index in [1.165, 1.54) is 0 Å². The van der Waals surface area contributed by atoms with Crippen molar-refractivity contribution in [3.63, 3.8) is 0 Å². The highest BCUT2D eigenvalue weighted by molar-refractivity contribution is 5.68. The Morgan fingerprint density at radius 3 is 2.42 bits per heavy atom. The zero-order valence-electron chi connectivity index (χ0n) is 11.1. The molecule has 0 aliphatic rings. The summed E-state index contributed by atoms with van der Waals surface area (Å²) in [6.07, 6.45) is 0.584. The Hall–Kier alpha value is -1.59. The number of nitrogens with one attached hydrogen (secondary N) is 1. The Labute approximate surface area is 113 Å². The molecule has 0 spiro atoms. The van der Waals surface area contributed by atoms with Crippen molar-refractivity contribution in [2.45, 2.75) is 31.9 Å². The second kappa shape index (κ2) is 7.76. The molecule has 1 rings (SSSR count). The van der Waals surface area contributed by atoms with Crippen LogP contribution >= 0.6 is 0 Å². The van der Waals surface area contributed by atoms with Crippen LogP contribution in [0.5, 0.6) is 0 Å². The number of alkyl carbamates (subject to hydrolysis) is 1. The second-order valence-corrected chi connectivity index (χ2v) is 4.53. The van der Waals surface area contributed by atoms with E-state index in [0.29, 0.717) is 6.42 Å². The minimum Gasteiger partial charge on any atom is -0.445 e. The summed E-state index contributed by atoms with van der Waals surface area (Å²) < 4.78 is 5.06. The summed E-state index contributed by atoms with van der Waals surface area (Å²) in [6, 6.07) is 9.31. The van der Waals surface area contributed by atoms with Crippen molar-refractivity contribution in [3.05, 3.63) is 35.9 Å². The molecular weight excluding hydrogens is 246 g/mol. The lowest BCUT2D eigenvalue weighted by Gasteiger charge is -2.30. The third kappa shape index (κ3) is 4.89. The zero-order valence-corrected chi connectivity index (χ0v) is 11.1. The molecule has 0 radical (unpaired) electrons. The molecule has 0 aliphatic heterocycles. The van der Waals surface area contributed by atoms with Crippen LogP contribution in [-0.2, 0) is 11.3 Å². The van der Waals surface area contributed by atoms with Gasteiger partial charge in [-0.15, -0.1) is 0 Å². The molecule has 3 N–H and O–H groups in total. The number of carbonyl (C=O) groups is 1. The monoisotopic (exact) mass is 267 g/mol. The number of amides is 1. The van der Waals surface area contributed by atoms with Gasteiger partial charge in [-0.25, -0.2) is 4.79 Å². The minimum absolute atomic E-state index is 0.158. The summed E-state index contributed by atoms with van der Waals surface area (Å²) in [5.41, 5.74) is -0.130. The van der Waals surface area contributed by atoms with Gasteiger partial charge >= 0.3 is 6.09 Å². The second-order valence-electron chi connectivity index (χ2n) is 4.53. The molecule has 5 heteroatoms. The lowest BCUT2D eigenvalue weighted by molar-refractivity contribution is 0.0671. The van der Waals surface area contributed by atoms with Crippen molar-refractivity contribution in [3.8, 4) is 0 Å². The third-order valence-electron chi connectivity index (χ3n) is 2.91. The fraction of sp³-hybridized carbons (Fsp3) is 0.500. The number of aliphatic hydroxyl groups excluding tert-OH is 2. The maximum absolute atomic E-state index is 11.7. The zero-order chi connectivity index (χ0) is 14.1. The van der Waals surface area contributed by atoms with Gasteiger partial charge in [-0.1, -0.05) is 43.7 Å². The SMILES string of the molecule is CCCC(CO)(CO)NC(=O)OCc1ccccc1. The van der Waals surface area contributed by atoms with E-state index in [2.05, 4.69) is 5.32 Å². The van der Waals surface area contributed by atoms with Gasteiger partial charge < -0.3 is 20.3 Å². The summed E-state index contributed by atoms with van der Waals surface area (Å²) in [5, 5.41) is 21.2. The molecule has 0 bridgehead atoms. The smallest absolute Gasteiger partial charge is 0.408 e. The molecule has 106 valence electrons. The van der Waals surface area contributed by atoms with Gasteiger partial charge in [0.25, 0.3) is 0 Å². The van der Waals surface area contributed by atoms with Gasteiger partial charge in [-0.2, -0.15) is 0 Å². The molecule has 0 aliphatic carbocycles. The molecule has 5 nitrogen and oxygen atoms in total. The first-order valence-electron chi connectivity index (χ1n) is 6.36. The highest BCUT2D eigenvalue weighted by Gasteiger charge is 2.30. The van der Waals surface area contributed by atoms with Crippen LogP contribution < -0.4 is 5.32 Å². The van der Waals surface area contributed by atoms with Crippen LogP contribution in [0.4, 0.5) is 4.79 Å². The van der Waals surface area contributed by atoms with Gasteiger partial charge in [0.2, 0.25) is 0 Å². The number of rotatable bonds is 7. The standard InChI is InChI=1S/C14H21NO4/c1-2-8-14(10-16,11-17)15-13(18)19-9-12-6-4-3-5-7-12/h3-7,16-17H,2,8-11H2,1H3,(H,15,18). The van der Waals surface area contributed by atoms with Gasteiger partial charge in [0.05, 0.1) is 18.8 Å². The predicted octanol–water partition coefficient (Wildman–Crippen LogP) is 1.44. The number of carbonyl (C=O) groups excluding carboxylic acids is 1. The molecule has 1 aromatic carbocycles. The van der Waals surface area contributed by atoms with Crippen molar-refractivity contribution in [1.82, 2.24) is 5.32 Å². The van der Waals surface area contributed by atoms with E-state index in [0.717, 1.165) is 12.0 Å². The van der Waals surface area contributed by atoms with E-state index >= 15 is 0 Å². The Balaban J connectivity index is 2.49. The molecule has 1 aromatic rings. The van der Waals surface area contributed by atoms with Gasteiger partial charge in [-0.05, 0) is 12.0 Å².